The molecule has 0 radical (unpaired) electrons. The number of thioether (sulfide) groups is 1. The van der Waals surface area contributed by atoms with Crippen molar-refractivity contribution in [2.45, 2.75) is 30.9 Å². The highest BCUT2D eigenvalue weighted by Gasteiger charge is 2.24. The number of thiazole rings is 1. The minimum absolute atomic E-state index is 0.105. The normalized spacial score (nSPS) is 14.8. The summed E-state index contributed by atoms with van der Waals surface area (Å²) in [4.78, 5) is 23.1. The highest BCUT2D eigenvalue weighted by atomic mass is 35.5. The van der Waals surface area contributed by atoms with Crippen LogP contribution in [0.2, 0.25) is 5.02 Å². The van der Waals surface area contributed by atoms with E-state index in [9.17, 15) is 4.79 Å². The average molecular weight is 446 g/mol. The van der Waals surface area contributed by atoms with Gasteiger partial charge in [0.1, 0.15) is 0 Å². The molecule has 0 atom stereocenters. The van der Waals surface area contributed by atoms with Gasteiger partial charge in [0.05, 0.1) is 15.2 Å². The van der Waals surface area contributed by atoms with E-state index in [1.165, 1.54) is 4.90 Å². The Bertz CT molecular complexity index is 985. The summed E-state index contributed by atoms with van der Waals surface area (Å²) < 4.78 is 1.04. The van der Waals surface area contributed by atoms with Crippen LogP contribution in [0.3, 0.4) is 0 Å². The van der Waals surface area contributed by atoms with Crippen molar-refractivity contribution in [3.8, 4) is 0 Å². The molecule has 3 aromatic rings. The third-order valence-electron chi connectivity index (χ3n) is 5.00. The van der Waals surface area contributed by atoms with E-state index in [2.05, 4.69) is 25.7 Å². The Morgan fingerprint density at radius 1 is 1.10 bits per heavy atom. The first kappa shape index (κ1) is 20.5. The summed E-state index contributed by atoms with van der Waals surface area (Å²) in [5, 5.41) is 2.27. The number of piperazine rings is 1. The molecule has 1 saturated heterocycles. The monoisotopic (exact) mass is 445 g/mol. The molecule has 2 aromatic carbocycles. The van der Waals surface area contributed by atoms with Gasteiger partial charge in [-0.2, -0.15) is 0 Å². The van der Waals surface area contributed by atoms with Gasteiger partial charge in [0.25, 0.3) is 5.91 Å². The molecule has 29 heavy (non-hydrogen) atoms. The second kappa shape index (κ2) is 8.54. The third-order valence-corrected chi connectivity index (χ3v) is 7.59. The third kappa shape index (κ3) is 4.39. The van der Waals surface area contributed by atoms with Crippen molar-refractivity contribution < 1.29 is 4.79 Å². The minimum Gasteiger partial charge on any atom is -0.345 e. The summed E-state index contributed by atoms with van der Waals surface area (Å²) in [6.07, 6.45) is 0. The SMILES string of the molecule is Cc1ccc(Cl)c2sc(N3CCN(C(=O)c4ccc(SC(C)C)cc4)CC3)nc12. The molecule has 1 fully saturated rings. The van der Waals surface area contributed by atoms with Gasteiger partial charge in [-0.3, -0.25) is 4.79 Å². The molecule has 4 nitrogen and oxygen atoms in total. The van der Waals surface area contributed by atoms with Gasteiger partial charge in [-0.1, -0.05) is 42.9 Å². The molecule has 0 N–H and O–H groups in total. The van der Waals surface area contributed by atoms with Gasteiger partial charge in [0.15, 0.2) is 5.13 Å². The van der Waals surface area contributed by atoms with E-state index in [4.69, 9.17) is 16.6 Å². The first-order valence-electron chi connectivity index (χ1n) is 9.79. The molecular weight excluding hydrogens is 422 g/mol. The minimum atomic E-state index is 0.105. The molecule has 1 amide bonds. The Morgan fingerprint density at radius 3 is 2.41 bits per heavy atom. The standard InChI is InChI=1S/C22H24ClN3OS2/c1-14(2)28-17-7-5-16(6-8-17)21(27)25-10-12-26(13-11-25)22-24-19-15(3)4-9-18(23)20(19)29-22/h4-9,14H,10-13H2,1-3H3. The predicted molar refractivity (Wildman–Crippen MR) is 125 cm³/mol. The molecule has 0 spiro atoms. The molecule has 152 valence electrons. The van der Waals surface area contributed by atoms with E-state index in [0.29, 0.717) is 18.3 Å². The number of carbonyl (C=O) groups excluding carboxylic acids is 1. The van der Waals surface area contributed by atoms with Crippen molar-refractivity contribution in [3.05, 3.63) is 52.5 Å². The number of hydrogen-bond acceptors (Lipinski definition) is 5. The lowest BCUT2D eigenvalue weighted by molar-refractivity contribution is 0.0746. The fourth-order valence-corrected chi connectivity index (χ4v) is 5.66. The van der Waals surface area contributed by atoms with Gasteiger partial charge < -0.3 is 9.80 Å². The van der Waals surface area contributed by atoms with Crippen molar-refractivity contribution in [1.29, 1.82) is 0 Å². The molecule has 0 aliphatic carbocycles. The molecule has 7 heteroatoms. The van der Waals surface area contributed by atoms with Crippen molar-refractivity contribution in [2.24, 2.45) is 0 Å². The Hall–Kier alpha value is -1.76. The number of rotatable bonds is 4. The number of anilines is 1. The molecular formula is C22H24ClN3OS2. The highest BCUT2D eigenvalue weighted by Crippen LogP contribution is 2.36. The van der Waals surface area contributed by atoms with E-state index < -0.39 is 0 Å². The van der Waals surface area contributed by atoms with Crippen LogP contribution in [0.5, 0.6) is 0 Å². The first-order chi connectivity index (χ1) is 13.9. The van der Waals surface area contributed by atoms with E-state index >= 15 is 0 Å². The summed E-state index contributed by atoms with van der Waals surface area (Å²) in [6.45, 7) is 9.36. The Morgan fingerprint density at radius 2 is 1.79 bits per heavy atom. The van der Waals surface area contributed by atoms with E-state index in [1.54, 1.807) is 11.3 Å². The quantitative estimate of drug-likeness (QED) is 0.481. The van der Waals surface area contributed by atoms with Crippen LogP contribution in [-0.4, -0.2) is 47.2 Å². The highest BCUT2D eigenvalue weighted by molar-refractivity contribution is 7.99. The number of aryl methyl sites for hydroxylation is 1. The summed E-state index contributed by atoms with van der Waals surface area (Å²) in [5.41, 5.74) is 2.88. The van der Waals surface area contributed by atoms with Gasteiger partial charge in [-0.15, -0.1) is 11.8 Å². The smallest absolute Gasteiger partial charge is 0.253 e. The van der Waals surface area contributed by atoms with Gasteiger partial charge in [0.2, 0.25) is 0 Å². The zero-order valence-corrected chi connectivity index (χ0v) is 19.2. The van der Waals surface area contributed by atoms with Crippen LogP contribution in [0.15, 0.2) is 41.3 Å². The molecule has 1 aliphatic heterocycles. The Labute approximate surface area is 184 Å². The van der Waals surface area contributed by atoms with Crippen LogP contribution < -0.4 is 4.90 Å². The number of halogens is 1. The number of hydrogen-bond donors (Lipinski definition) is 0. The van der Waals surface area contributed by atoms with Crippen LogP contribution in [0.25, 0.3) is 10.2 Å². The number of aromatic nitrogens is 1. The maximum Gasteiger partial charge on any atom is 0.253 e. The maximum atomic E-state index is 12.9. The van der Waals surface area contributed by atoms with Gasteiger partial charge in [0, 0.05) is 41.9 Å². The van der Waals surface area contributed by atoms with E-state index in [-0.39, 0.29) is 5.91 Å². The second-order valence-electron chi connectivity index (χ2n) is 7.51. The molecule has 4 rings (SSSR count). The summed E-state index contributed by atoms with van der Waals surface area (Å²) in [6, 6.07) is 11.9. The zero-order valence-electron chi connectivity index (χ0n) is 16.8. The van der Waals surface area contributed by atoms with Crippen molar-refractivity contribution in [3.63, 3.8) is 0 Å². The van der Waals surface area contributed by atoms with E-state index in [1.807, 2.05) is 53.1 Å². The molecule has 0 saturated carbocycles. The second-order valence-corrected chi connectivity index (χ2v) is 10.5. The van der Waals surface area contributed by atoms with Crippen LogP contribution in [-0.2, 0) is 0 Å². The van der Waals surface area contributed by atoms with Crippen molar-refractivity contribution in [1.82, 2.24) is 9.88 Å². The van der Waals surface area contributed by atoms with Crippen LogP contribution >= 0.6 is 34.7 Å². The van der Waals surface area contributed by atoms with Gasteiger partial charge in [-0.25, -0.2) is 4.98 Å². The fraction of sp³-hybridized carbons (Fsp3) is 0.364. The summed E-state index contributed by atoms with van der Waals surface area (Å²) in [5.74, 6) is 0.105. The number of fused-ring (bicyclic) bond motifs is 1. The molecule has 0 unspecified atom stereocenters. The van der Waals surface area contributed by atoms with Gasteiger partial charge in [-0.05, 0) is 42.8 Å². The van der Waals surface area contributed by atoms with Gasteiger partial charge >= 0.3 is 0 Å². The molecule has 2 heterocycles. The van der Waals surface area contributed by atoms with Crippen LogP contribution in [0, 0.1) is 6.92 Å². The predicted octanol–water partition coefficient (Wildman–Crippen LogP) is 5.72. The Kier molecular flexibility index (Phi) is 6.04. The summed E-state index contributed by atoms with van der Waals surface area (Å²) >= 11 is 9.79. The number of amides is 1. The van der Waals surface area contributed by atoms with Crippen molar-refractivity contribution in [2.75, 3.05) is 31.1 Å². The zero-order chi connectivity index (χ0) is 20.5. The number of nitrogens with zero attached hydrogens (tertiary/aromatic N) is 3. The van der Waals surface area contributed by atoms with E-state index in [0.717, 1.165) is 44.6 Å². The van der Waals surface area contributed by atoms with Crippen LogP contribution in [0.4, 0.5) is 5.13 Å². The average Bonchev–Trinajstić information content (AvgIpc) is 3.17. The largest absolute Gasteiger partial charge is 0.345 e. The first-order valence-corrected chi connectivity index (χ1v) is 11.9. The lowest BCUT2D eigenvalue weighted by atomic mass is 10.2. The van der Waals surface area contributed by atoms with Crippen LogP contribution in [0.1, 0.15) is 29.8 Å². The number of carbonyl (C=O) groups is 1. The molecule has 0 bridgehead atoms. The van der Waals surface area contributed by atoms with Crippen molar-refractivity contribution >= 4 is 56.0 Å². The fourth-order valence-electron chi connectivity index (χ4n) is 3.46. The lowest BCUT2D eigenvalue weighted by Crippen LogP contribution is -2.48. The summed E-state index contributed by atoms with van der Waals surface area (Å²) in [7, 11) is 0. The topological polar surface area (TPSA) is 36.4 Å². The number of benzene rings is 2. The molecule has 1 aromatic heterocycles. The maximum absolute atomic E-state index is 12.9. The lowest BCUT2D eigenvalue weighted by Gasteiger charge is -2.34. The molecule has 1 aliphatic rings. The Balaban J connectivity index is 1.42.